The number of methoxy groups -OCH3 is 3. The molecule has 2 saturated heterocycles. The molecule has 2 aromatic carbocycles. The number of aliphatic imine (C=N–C) groups is 1. The first-order valence-corrected chi connectivity index (χ1v) is 23.4. The molecule has 68 heavy (non-hydrogen) atoms. The number of benzene rings is 2. The number of carbonyl (C=O) groups is 3. The zero-order valence-electron chi connectivity index (χ0n) is 39.9. The Hall–Kier alpha value is -6.08. The van der Waals surface area contributed by atoms with Gasteiger partial charge in [-0.05, 0) is 57.9 Å². The third-order valence-electron chi connectivity index (χ3n) is 12.6. The number of ether oxygens (including phenoxy) is 8. The van der Waals surface area contributed by atoms with Crippen molar-refractivity contribution >= 4 is 35.4 Å². The van der Waals surface area contributed by atoms with Gasteiger partial charge in [0.15, 0.2) is 23.0 Å². The first-order chi connectivity index (χ1) is 33.1. The van der Waals surface area contributed by atoms with Gasteiger partial charge in [0.2, 0.25) is 0 Å². The smallest absolute Gasteiger partial charge is 0.303 e. The van der Waals surface area contributed by atoms with E-state index in [4.69, 9.17) is 42.9 Å². The van der Waals surface area contributed by atoms with Crippen LogP contribution in [-0.2, 0) is 23.7 Å². The van der Waals surface area contributed by atoms with Crippen molar-refractivity contribution in [2.45, 2.75) is 57.7 Å². The molecular weight excluding hydrogens is 877 g/mol. The van der Waals surface area contributed by atoms with Crippen LogP contribution in [0.1, 0.15) is 60.2 Å². The number of hydrogen-bond donors (Lipinski definition) is 3. The second kappa shape index (κ2) is 24.3. The molecule has 0 aliphatic carbocycles. The Kier molecular flexibility index (Phi) is 17.8. The Morgan fingerprint density at radius 2 is 1.50 bits per heavy atom. The monoisotopic (exact) mass is 942 g/mol. The molecule has 2 unspecified atom stereocenters. The molecule has 0 aromatic heterocycles. The van der Waals surface area contributed by atoms with Crippen molar-refractivity contribution in [1.82, 2.24) is 20.0 Å². The summed E-state index contributed by atoms with van der Waals surface area (Å²) in [5.41, 5.74) is 5.30. The summed E-state index contributed by atoms with van der Waals surface area (Å²) in [5, 5.41) is 16.3. The van der Waals surface area contributed by atoms with E-state index in [1.165, 1.54) is 18.3 Å². The Bertz CT molecular complexity index is 2280. The van der Waals surface area contributed by atoms with Crippen LogP contribution in [0.3, 0.4) is 0 Å². The summed E-state index contributed by atoms with van der Waals surface area (Å²) in [6, 6.07) is 6.55. The van der Waals surface area contributed by atoms with Gasteiger partial charge in [0.1, 0.15) is 25.6 Å². The highest BCUT2D eigenvalue weighted by Crippen LogP contribution is 2.40. The Balaban J connectivity index is 1.05. The molecule has 0 spiro atoms. The highest BCUT2D eigenvalue weighted by Gasteiger charge is 2.37. The van der Waals surface area contributed by atoms with E-state index in [-0.39, 0.29) is 43.5 Å². The van der Waals surface area contributed by atoms with Gasteiger partial charge >= 0.3 is 5.97 Å². The summed E-state index contributed by atoms with van der Waals surface area (Å²) < 4.78 is 47.1. The molecule has 0 saturated carbocycles. The molecule has 2 amide bonds. The van der Waals surface area contributed by atoms with Gasteiger partial charge < -0.3 is 63.4 Å². The molecule has 2 fully saturated rings. The van der Waals surface area contributed by atoms with E-state index >= 15 is 0 Å². The minimum absolute atomic E-state index is 0.0470. The number of hydrogen-bond acceptors (Lipinski definition) is 15. The van der Waals surface area contributed by atoms with Gasteiger partial charge in [-0.1, -0.05) is 23.3 Å². The molecular formula is C50H66N6O12. The zero-order valence-corrected chi connectivity index (χ0v) is 39.9. The van der Waals surface area contributed by atoms with Gasteiger partial charge in [-0.15, -0.1) is 0 Å². The molecule has 5 aliphatic rings. The minimum Gasteiger partial charge on any atom is -0.493 e. The summed E-state index contributed by atoms with van der Waals surface area (Å²) in [5.74, 6) is 1.30. The number of rotatable bonds is 25. The van der Waals surface area contributed by atoms with Gasteiger partial charge in [0, 0.05) is 70.7 Å². The van der Waals surface area contributed by atoms with E-state index < -0.39 is 12.0 Å². The lowest BCUT2D eigenvalue weighted by atomic mass is 10.1. The predicted octanol–water partition coefficient (Wildman–Crippen LogP) is 5.23. The summed E-state index contributed by atoms with van der Waals surface area (Å²) in [7, 11) is 4.72. The maximum atomic E-state index is 13.8. The second-order valence-corrected chi connectivity index (χ2v) is 17.1. The van der Waals surface area contributed by atoms with Crippen molar-refractivity contribution in [3.05, 3.63) is 82.3 Å². The second-order valence-electron chi connectivity index (χ2n) is 17.1. The average Bonchev–Trinajstić information content (AvgIpc) is 3.91. The summed E-state index contributed by atoms with van der Waals surface area (Å²) >= 11 is 0. The number of aliphatic carboxylic acids is 1. The standard InChI is InChI=1S/C50H66N6O12/c1-6-33-19-37-27-51-42-25-46(44(62-4)23-40(42)49(59)55(37)29-33)67-31-35-21-39(66-14-12-54(10-8-9-48(57)58)11-13-64-17-18-65-16-15-61-3)22-36(53-35)32-68-47-26-43-41(24-45(47)63-5)50(60)56-30-34(7-2)20-38(56)28-52-43/h6-7,21-27,36-38,52-53H,8-20,28-32H2,1-5H3,(H,57,58)/b33-6+,34-7+/t36?,37-,38?/m0/s1. The lowest BCUT2D eigenvalue weighted by Gasteiger charge is -2.27. The normalized spacial score (nSPS) is 20.7. The van der Waals surface area contributed by atoms with E-state index in [1.54, 1.807) is 32.4 Å². The number of carbonyl (C=O) groups excluding carboxylic acids is 2. The molecule has 3 N–H and O–H groups in total. The molecule has 18 heteroatoms. The predicted molar refractivity (Wildman–Crippen MR) is 256 cm³/mol. The number of anilines is 1. The van der Waals surface area contributed by atoms with Crippen molar-refractivity contribution < 1.29 is 57.4 Å². The summed E-state index contributed by atoms with van der Waals surface area (Å²) in [4.78, 5) is 49.4. The average molecular weight is 943 g/mol. The quantitative estimate of drug-likeness (QED) is 0.0866. The number of amides is 2. The lowest BCUT2D eigenvalue weighted by molar-refractivity contribution is -0.137. The maximum absolute atomic E-state index is 13.8. The van der Waals surface area contributed by atoms with Crippen LogP contribution < -0.4 is 29.6 Å². The van der Waals surface area contributed by atoms with Crippen LogP contribution in [-0.4, -0.2) is 175 Å². The molecule has 0 radical (unpaired) electrons. The van der Waals surface area contributed by atoms with E-state index in [0.717, 1.165) is 12.8 Å². The van der Waals surface area contributed by atoms with Crippen LogP contribution in [0.25, 0.3) is 0 Å². The fraction of sp³-hybridized carbons (Fsp3) is 0.520. The maximum Gasteiger partial charge on any atom is 0.303 e. The molecule has 5 heterocycles. The summed E-state index contributed by atoms with van der Waals surface area (Å²) in [6.07, 6.45) is 11.9. The molecule has 5 aliphatic heterocycles. The molecule has 18 nitrogen and oxygen atoms in total. The van der Waals surface area contributed by atoms with Crippen LogP contribution in [0, 0.1) is 0 Å². The van der Waals surface area contributed by atoms with Crippen LogP contribution in [0.15, 0.2) is 76.2 Å². The molecule has 2 aromatic rings. The third kappa shape index (κ3) is 12.7. The van der Waals surface area contributed by atoms with Crippen molar-refractivity contribution in [3.63, 3.8) is 0 Å². The molecule has 0 bridgehead atoms. The number of dihydropyridines is 1. The van der Waals surface area contributed by atoms with E-state index in [0.29, 0.717) is 142 Å². The molecule has 3 atom stereocenters. The first-order valence-electron chi connectivity index (χ1n) is 23.4. The highest BCUT2D eigenvalue weighted by atomic mass is 16.5. The van der Waals surface area contributed by atoms with Crippen molar-refractivity contribution in [2.75, 3.05) is 119 Å². The number of carboxylic acid groups (broad SMARTS) is 1. The number of carboxylic acids is 1. The fourth-order valence-electron chi connectivity index (χ4n) is 8.83. The fourth-order valence-corrected chi connectivity index (χ4v) is 8.83. The molecule has 7 rings (SSSR count). The topological polar surface area (TPSA) is 191 Å². The van der Waals surface area contributed by atoms with Crippen molar-refractivity contribution in [1.29, 1.82) is 0 Å². The first kappa shape index (κ1) is 49.8. The Morgan fingerprint density at radius 1 is 0.809 bits per heavy atom. The van der Waals surface area contributed by atoms with Crippen LogP contribution in [0.2, 0.25) is 0 Å². The molecule has 368 valence electrons. The van der Waals surface area contributed by atoms with Gasteiger partial charge in [-0.3, -0.25) is 24.3 Å². The van der Waals surface area contributed by atoms with Crippen LogP contribution in [0.4, 0.5) is 11.4 Å². The van der Waals surface area contributed by atoms with Crippen molar-refractivity contribution in [2.24, 2.45) is 4.99 Å². The van der Waals surface area contributed by atoms with E-state index in [9.17, 15) is 19.5 Å². The van der Waals surface area contributed by atoms with E-state index in [2.05, 4.69) is 27.7 Å². The number of nitrogens with one attached hydrogen (secondary N) is 2. The summed E-state index contributed by atoms with van der Waals surface area (Å²) in [6.45, 7) is 10.3. The SMILES string of the molecule is C/C=C1\CC2CNc3cc(OCC4C=C(OCCN(CCCC(=O)O)CCOCCOCCOC)C=C(COc5cc6c(cc5OC)C(=O)N5C/C(=C/C)C[C@H]5C=N6)N4)c(OC)cc3C(=O)N2C1. The lowest BCUT2D eigenvalue weighted by Crippen LogP contribution is -2.37. The van der Waals surface area contributed by atoms with E-state index in [1.807, 2.05) is 48.1 Å². The zero-order chi connectivity index (χ0) is 48.0. The van der Waals surface area contributed by atoms with Gasteiger partial charge in [0.05, 0.1) is 93.6 Å². The number of allylic oxidation sites excluding steroid dienone is 3. The highest BCUT2D eigenvalue weighted by molar-refractivity contribution is 6.04. The van der Waals surface area contributed by atoms with Gasteiger partial charge in [-0.2, -0.15) is 0 Å². The van der Waals surface area contributed by atoms with Crippen molar-refractivity contribution in [3.8, 4) is 23.0 Å². The third-order valence-corrected chi connectivity index (χ3v) is 12.6. The van der Waals surface area contributed by atoms with Crippen LogP contribution >= 0.6 is 0 Å². The van der Waals surface area contributed by atoms with Gasteiger partial charge in [0.25, 0.3) is 11.8 Å². The van der Waals surface area contributed by atoms with Crippen LogP contribution in [0.5, 0.6) is 23.0 Å². The Morgan fingerprint density at radius 3 is 2.25 bits per heavy atom. The minimum atomic E-state index is -0.844. The van der Waals surface area contributed by atoms with Gasteiger partial charge in [-0.25, -0.2) is 0 Å². The Labute approximate surface area is 398 Å². The number of fused-ring (bicyclic) bond motifs is 4. The number of nitrogens with zero attached hydrogens (tertiary/aromatic N) is 4. The largest absolute Gasteiger partial charge is 0.493 e.